The lowest BCUT2D eigenvalue weighted by atomic mass is 10.1. The predicted molar refractivity (Wildman–Crippen MR) is 48.9 cm³/mol. The molecule has 0 aliphatic heterocycles. The van der Waals surface area contributed by atoms with Crippen LogP contribution in [0.25, 0.3) is 0 Å². The van der Waals surface area contributed by atoms with Crippen LogP contribution in [0.15, 0.2) is 0 Å². The highest BCUT2D eigenvalue weighted by atomic mass is 32.2. The van der Waals surface area contributed by atoms with E-state index in [9.17, 15) is 13.2 Å². The lowest BCUT2D eigenvalue weighted by molar-refractivity contribution is -0.118. The smallest absolute Gasteiger partial charge is 0.269 e. The summed E-state index contributed by atoms with van der Waals surface area (Å²) in [6.07, 6.45) is 0. The van der Waals surface area contributed by atoms with Crippen LogP contribution < -0.4 is 5.32 Å². The Hall–Kier alpha value is -0.620. The van der Waals surface area contributed by atoms with E-state index < -0.39 is 15.4 Å². The molecule has 0 rings (SSSR count). The summed E-state index contributed by atoms with van der Waals surface area (Å²) >= 11 is 0. The third-order valence-electron chi connectivity index (χ3n) is 1.68. The SMILES string of the molecule is CC(=O)NCC(C(C)C)S(=O)(=O)O. The van der Waals surface area contributed by atoms with Crippen molar-refractivity contribution in [3.63, 3.8) is 0 Å². The van der Waals surface area contributed by atoms with Crippen LogP contribution in [-0.2, 0) is 14.9 Å². The summed E-state index contributed by atoms with van der Waals surface area (Å²) in [5.41, 5.74) is 0. The monoisotopic (exact) mass is 209 g/mol. The molecular weight excluding hydrogens is 194 g/mol. The van der Waals surface area contributed by atoms with Gasteiger partial charge in [0.15, 0.2) is 0 Å². The molecule has 2 N–H and O–H groups in total. The second kappa shape index (κ2) is 4.57. The molecule has 0 spiro atoms. The molecule has 0 bridgehead atoms. The Morgan fingerprint density at radius 2 is 1.92 bits per heavy atom. The zero-order valence-corrected chi connectivity index (χ0v) is 8.76. The topological polar surface area (TPSA) is 83.5 Å². The molecule has 0 aliphatic carbocycles. The van der Waals surface area contributed by atoms with Gasteiger partial charge in [-0.3, -0.25) is 9.35 Å². The first-order valence-corrected chi connectivity index (χ1v) is 5.46. The van der Waals surface area contributed by atoms with Gasteiger partial charge in [0.05, 0.1) is 0 Å². The van der Waals surface area contributed by atoms with Gasteiger partial charge in [-0.2, -0.15) is 8.42 Å². The Balaban J connectivity index is 4.38. The molecule has 0 fully saturated rings. The van der Waals surface area contributed by atoms with Crippen molar-refractivity contribution in [2.75, 3.05) is 6.54 Å². The van der Waals surface area contributed by atoms with Gasteiger partial charge in [0.2, 0.25) is 5.91 Å². The van der Waals surface area contributed by atoms with Gasteiger partial charge < -0.3 is 5.32 Å². The van der Waals surface area contributed by atoms with E-state index in [1.54, 1.807) is 13.8 Å². The number of carbonyl (C=O) groups is 1. The minimum atomic E-state index is -4.07. The van der Waals surface area contributed by atoms with Crippen LogP contribution >= 0.6 is 0 Å². The van der Waals surface area contributed by atoms with Crippen LogP contribution in [0.4, 0.5) is 0 Å². The van der Waals surface area contributed by atoms with Crippen molar-refractivity contribution >= 4 is 16.0 Å². The Morgan fingerprint density at radius 1 is 1.46 bits per heavy atom. The minimum Gasteiger partial charge on any atom is -0.355 e. The first-order chi connectivity index (χ1) is 5.75. The van der Waals surface area contributed by atoms with Crippen molar-refractivity contribution in [3.8, 4) is 0 Å². The van der Waals surface area contributed by atoms with Crippen molar-refractivity contribution in [1.29, 1.82) is 0 Å². The van der Waals surface area contributed by atoms with Gasteiger partial charge in [0.25, 0.3) is 10.1 Å². The van der Waals surface area contributed by atoms with Crippen LogP contribution in [0.2, 0.25) is 0 Å². The molecule has 78 valence electrons. The standard InChI is InChI=1S/C7H15NO4S/c1-5(2)7(13(10,11)12)4-8-6(3)9/h5,7H,4H2,1-3H3,(H,8,9)(H,10,11,12). The fraction of sp³-hybridized carbons (Fsp3) is 0.857. The number of rotatable bonds is 4. The average molecular weight is 209 g/mol. The maximum absolute atomic E-state index is 10.8. The summed E-state index contributed by atoms with van der Waals surface area (Å²) in [7, 11) is -4.07. The van der Waals surface area contributed by atoms with Crippen LogP contribution in [0, 0.1) is 5.92 Å². The zero-order chi connectivity index (χ0) is 10.6. The van der Waals surface area contributed by atoms with Crippen molar-refractivity contribution in [3.05, 3.63) is 0 Å². The summed E-state index contributed by atoms with van der Waals surface area (Å²) in [6, 6.07) is 0. The van der Waals surface area contributed by atoms with E-state index >= 15 is 0 Å². The van der Waals surface area contributed by atoms with Gasteiger partial charge in [0, 0.05) is 13.5 Å². The van der Waals surface area contributed by atoms with E-state index in [0.717, 1.165) is 0 Å². The predicted octanol–water partition coefficient (Wildman–Crippen LogP) is 0.0349. The van der Waals surface area contributed by atoms with Gasteiger partial charge in [0.1, 0.15) is 5.25 Å². The van der Waals surface area contributed by atoms with Gasteiger partial charge in [-0.15, -0.1) is 0 Å². The second-order valence-corrected chi connectivity index (χ2v) is 4.87. The van der Waals surface area contributed by atoms with E-state index in [1.807, 2.05) is 0 Å². The first-order valence-electron chi connectivity index (χ1n) is 3.96. The lowest BCUT2D eigenvalue weighted by Gasteiger charge is -2.17. The molecule has 0 saturated carbocycles. The third kappa shape index (κ3) is 4.84. The van der Waals surface area contributed by atoms with Crippen LogP contribution in [0.3, 0.4) is 0 Å². The third-order valence-corrected chi connectivity index (χ3v) is 3.15. The maximum atomic E-state index is 10.8. The fourth-order valence-electron chi connectivity index (χ4n) is 0.929. The van der Waals surface area contributed by atoms with Crippen molar-refractivity contribution in [2.24, 2.45) is 5.92 Å². The fourth-order valence-corrected chi connectivity index (χ4v) is 1.91. The van der Waals surface area contributed by atoms with E-state index in [1.165, 1.54) is 6.92 Å². The lowest BCUT2D eigenvalue weighted by Crippen LogP contribution is -2.38. The molecular formula is C7H15NO4S. The Kier molecular flexibility index (Phi) is 4.35. The van der Waals surface area contributed by atoms with Gasteiger partial charge in [-0.25, -0.2) is 0 Å². The second-order valence-electron chi connectivity index (χ2n) is 3.23. The molecule has 6 heteroatoms. The quantitative estimate of drug-likeness (QED) is 0.640. The molecule has 0 heterocycles. The van der Waals surface area contributed by atoms with E-state index in [-0.39, 0.29) is 18.4 Å². The minimum absolute atomic E-state index is 0.0498. The van der Waals surface area contributed by atoms with Crippen molar-refractivity contribution < 1.29 is 17.8 Å². The summed E-state index contributed by atoms with van der Waals surface area (Å²) in [6.45, 7) is 4.58. The molecule has 0 aromatic heterocycles. The van der Waals surface area contributed by atoms with Crippen LogP contribution in [0.1, 0.15) is 20.8 Å². The molecule has 0 radical (unpaired) electrons. The molecule has 5 nitrogen and oxygen atoms in total. The van der Waals surface area contributed by atoms with E-state index in [4.69, 9.17) is 4.55 Å². The largest absolute Gasteiger partial charge is 0.355 e. The molecule has 1 unspecified atom stereocenters. The molecule has 1 atom stereocenters. The van der Waals surface area contributed by atoms with Crippen molar-refractivity contribution in [1.82, 2.24) is 5.32 Å². The average Bonchev–Trinajstić information content (AvgIpc) is 1.81. The first kappa shape index (κ1) is 12.4. The molecule has 1 amide bonds. The summed E-state index contributed by atoms with van der Waals surface area (Å²) in [5, 5.41) is 1.42. The van der Waals surface area contributed by atoms with Gasteiger partial charge >= 0.3 is 0 Å². The normalized spacial score (nSPS) is 14.2. The molecule has 0 aromatic carbocycles. The number of amides is 1. The summed E-state index contributed by atoms with van der Waals surface area (Å²) in [5.74, 6) is -0.545. The van der Waals surface area contributed by atoms with Crippen LogP contribution in [-0.4, -0.2) is 30.7 Å². The van der Waals surface area contributed by atoms with Gasteiger partial charge in [-0.1, -0.05) is 13.8 Å². The highest BCUT2D eigenvalue weighted by molar-refractivity contribution is 7.86. The molecule has 0 saturated heterocycles. The van der Waals surface area contributed by atoms with E-state index in [2.05, 4.69) is 5.32 Å². The van der Waals surface area contributed by atoms with E-state index in [0.29, 0.717) is 0 Å². The maximum Gasteiger partial charge on any atom is 0.269 e. The number of nitrogens with one attached hydrogen (secondary N) is 1. The molecule has 0 aliphatic rings. The number of carbonyl (C=O) groups excluding carboxylic acids is 1. The van der Waals surface area contributed by atoms with Gasteiger partial charge in [-0.05, 0) is 5.92 Å². The van der Waals surface area contributed by atoms with Crippen LogP contribution in [0.5, 0.6) is 0 Å². The molecule has 0 aromatic rings. The highest BCUT2D eigenvalue weighted by Gasteiger charge is 2.26. The summed E-state index contributed by atoms with van der Waals surface area (Å²) in [4.78, 5) is 10.5. The Bertz CT molecular complexity index is 270. The number of hydrogen-bond donors (Lipinski definition) is 2. The Morgan fingerprint density at radius 3 is 2.15 bits per heavy atom. The zero-order valence-electron chi connectivity index (χ0n) is 7.94. The van der Waals surface area contributed by atoms with Crippen molar-refractivity contribution in [2.45, 2.75) is 26.0 Å². The number of hydrogen-bond acceptors (Lipinski definition) is 3. The summed E-state index contributed by atoms with van der Waals surface area (Å²) < 4.78 is 30.4. The molecule has 13 heavy (non-hydrogen) atoms. The Labute approximate surface area is 78.3 Å². The highest BCUT2D eigenvalue weighted by Crippen LogP contribution is 2.09.